The van der Waals surface area contributed by atoms with Gasteiger partial charge in [0.1, 0.15) is 0 Å². The zero-order valence-electron chi connectivity index (χ0n) is 9.85. The molecule has 1 aliphatic heterocycles. The number of aliphatic hydroxyl groups excluding tert-OH is 1. The number of aliphatic hydroxyl groups is 1. The van der Waals surface area contributed by atoms with Crippen molar-refractivity contribution in [2.45, 2.75) is 38.3 Å². The lowest BCUT2D eigenvalue weighted by Gasteiger charge is -2.13. The Morgan fingerprint density at radius 1 is 1.35 bits per heavy atom. The molecule has 1 saturated carbocycles. The molecule has 1 heterocycles. The molecule has 0 atom stereocenters. The van der Waals surface area contributed by atoms with E-state index in [2.05, 4.69) is 12.1 Å². The van der Waals surface area contributed by atoms with Gasteiger partial charge in [0.2, 0.25) is 0 Å². The van der Waals surface area contributed by atoms with Gasteiger partial charge < -0.3 is 10.0 Å². The number of carbonyl (C=O) groups is 1. The van der Waals surface area contributed by atoms with Crippen molar-refractivity contribution >= 4 is 5.91 Å². The monoisotopic (exact) mass is 231 g/mol. The number of nitrogens with zero attached hydrogens (tertiary/aromatic N) is 1. The van der Waals surface area contributed by atoms with E-state index < -0.39 is 0 Å². The van der Waals surface area contributed by atoms with Crippen LogP contribution in [-0.4, -0.2) is 28.6 Å². The molecule has 0 unspecified atom stereocenters. The molecule has 1 fully saturated rings. The Kier molecular flexibility index (Phi) is 2.63. The summed E-state index contributed by atoms with van der Waals surface area (Å²) >= 11 is 0. The van der Waals surface area contributed by atoms with Gasteiger partial charge in [0.25, 0.3) is 5.91 Å². The van der Waals surface area contributed by atoms with Crippen molar-refractivity contribution in [1.29, 1.82) is 0 Å². The first-order chi connectivity index (χ1) is 8.29. The molecule has 0 radical (unpaired) electrons. The second-order valence-electron chi connectivity index (χ2n) is 4.98. The number of carbonyl (C=O) groups excluding carboxylic acids is 1. The van der Waals surface area contributed by atoms with Gasteiger partial charge in [-0.2, -0.15) is 0 Å². The van der Waals surface area contributed by atoms with Crippen molar-refractivity contribution in [3.05, 3.63) is 34.9 Å². The first kappa shape index (κ1) is 10.8. The molecule has 1 aromatic carbocycles. The summed E-state index contributed by atoms with van der Waals surface area (Å²) < 4.78 is 0. The molecule has 17 heavy (non-hydrogen) atoms. The first-order valence-corrected chi connectivity index (χ1v) is 6.33. The number of amides is 1. The number of benzene rings is 1. The van der Waals surface area contributed by atoms with Crippen molar-refractivity contribution in [3.8, 4) is 0 Å². The normalized spacial score (nSPS) is 18.6. The number of hydrogen-bond acceptors (Lipinski definition) is 2. The molecule has 3 heteroatoms. The molecule has 3 rings (SSSR count). The zero-order chi connectivity index (χ0) is 11.8. The van der Waals surface area contributed by atoms with Gasteiger partial charge in [0.15, 0.2) is 0 Å². The Morgan fingerprint density at radius 3 is 2.88 bits per heavy atom. The van der Waals surface area contributed by atoms with Gasteiger partial charge in [0, 0.05) is 24.8 Å². The second kappa shape index (κ2) is 4.15. The molecule has 1 aromatic rings. The summed E-state index contributed by atoms with van der Waals surface area (Å²) in [5.74, 6) is 0.202. The topological polar surface area (TPSA) is 40.5 Å². The summed E-state index contributed by atoms with van der Waals surface area (Å²) in [6.45, 7) is 0.998. The predicted octanol–water partition coefficient (Wildman–Crippen LogP) is 1.73. The van der Waals surface area contributed by atoms with Crippen molar-refractivity contribution in [2.24, 2.45) is 0 Å². The molecule has 2 aliphatic rings. The average molecular weight is 231 g/mol. The number of hydrogen-bond donors (Lipinski definition) is 1. The third-order valence-corrected chi connectivity index (χ3v) is 3.62. The van der Waals surface area contributed by atoms with E-state index in [-0.39, 0.29) is 12.5 Å². The first-order valence-electron chi connectivity index (χ1n) is 6.33. The lowest BCUT2D eigenvalue weighted by molar-refractivity contribution is 0.0766. The number of aryl methyl sites for hydroxylation is 1. The van der Waals surface area contributed by atoms with E-state index in [4.69, 9.17) is 5.11 Å². The Bertz CT molecular complexity index is 452. The van der Waals surface area contributed by atoms with Crippen molar-refractivity contribution in [1.82, 2.24) is 4.90 Å². The highest BCUT2D eigenvalue weighted by atomic mass is 16.2. The highest BCUT2D eigenvalue weighted by molar-refractivity contribution is 5.98. The summed E-state index contributed by atoms with van der Waals surface area (Å²) in [5, 5.41) is 8.82. The van der Waals surface area contributed by atoms with E-state index in [0.717, 1.165) is 48.9 Å². The van der Waals surface area contributed by atoms with Crippen LogP contribution in [0.5, 0.6) is 0 Å². The third kappa shape index (κ3) is 1.95. The number of fused-ring (bicyclic) bond motifs is 1. The minimum Gasteiger partial charge on any atom is -0.396 e. The van der Waals surface area contributed by atoms with Crippen LogP contribution in [0.3, 0.4) is 0 Å². The Morgan fingerprint density at radius 2 is 2.18 bits per heavy atom. The SMILES string of the molecule is O=C1c2cc(CCCO)ccc2CN1C1CC1. The van der Waals surface area contributed by atoms with Crippen LogP contribution >= 0.6 is 0 Å². The van der Waals surface area contributed by atoms with E-state index in [1.54, 1.807) is 0 Å². The van der Waals surface area contributed by atoms with Gasteiger partial charge in [-0.05, 0) is 42.9 Å². The summed E-state index contributed by atoms with van der Waals surface area (Å²) in [4.78, 5) is 14.2. The van der Waals surface area contributed by atoms with Crippen LogP contribution in [0.1, 0.15) is 40.7 Å². The lowest BCUT2D eigenvalue weighted by atomic mass is 10.0. The highest BCUT2D eigenvalue weighted by Gasteiger charge is 2.38. The second-order valence-corrected chi connectivity index (χ2v) is 4.98. The molecule has 0 spiro atoms. The maximum atomic E-state index is 12.2. The largest absolute Gasteiger partial charge is 0.396 e. The summed E-state index contributed by atoms with van der Waals surface area (Å²) in [6, 6.07) is 6.66. The van der Waals surface area contributed by atoms with Crippen LogP contribution in [0.4, 0.5) is 0 Å². The summed E-state index contributed by atoms with van der Waals surface area (Å²) in [5.41, 5.74) is 3.20. The molecule has 1 aliphatic carbocycles. The van der Waals surface area contributed by atoms with Gasteiger partial charge in [0.05, 0.1) is 0 Å². The molecule has 90 valence electrons. The molecule has 0 aromatic heterocycles. The van der Waals surface area contributed by atoms with E-state index in [1.807, 2.05) is 11.0 Å². The van der Waals surface area contributed by atoms with Gasteiger partial charge in [-0.15, -0.1) is 0 Å². The smallest absolute Gasteiger partial charge is 0.254 e. The van der Waals surface area contributed by atoms with E-state index >= 15 is 0 Å². The molecular formula is C14H17NO2. The van der Waals surface area contributed by atoms with E-state index in [0.29, 0.717) is 6.04 Å². The fourth-order valence-electron chi connectivity index (χ4n) is 2.49. The van der Waals surface area contributed by atoms with Crippen LogP contribution in [-0.2, 0) is 13.0 Å². The van der Waals surface area contributed by atoms with Gasteiger partial charge in [-0.25, -0.2) is 0 Å². The Hall–Kier alpha value is -1.35. The minimum absolute atomic E-state index is 0.202. The molecule has 3 nitrogen and oxygen atoms in total. The fraction of sp³-hybridized carbons (Fsp3) is 0.500. The van der Waals surface area contributed by atoms with Crippen molar-refractivity contribution in [2.75, 3.05) is 6.61 Å². The summed E-state index contributed by atoms with van der Waals surface area (Å²) in [7, 11) is 0. The Labute approximate surface area is 101 Å². The molecule has 0 bridgehead atoms. The third-order valence-electron chi connectivity index (χ3n) is 3.62. The lowest BCUT2D eigenvalue weighted by Crippen LogP contribution is -2.25. The number of rotatable bonds is 4. The van der Waals surface area contributed by atoms with Crippen LogP contribution in [0.25, 0.3) is 0 Å². The van der Waals surface area contributed by atoms with Crippen molar-refractivity contribution < 1.29 is 9.90 Å². The molecule has 1 amide bonds. The summed E-state index contributed by atoms with van der Waals surface area (Å²) in [6.07, 6.45) is 3.94. The molecular weight excluding hydrogens is 214 g/mol. The average Bonchev–Trinajstić information content (AvgIpc) is 3.13. The highest BCUT2D eigenvalue weighted by Crippen LogP contribution is 2.34. The molecule has 0 saturated heterocycles. The van der Waals surface area contributed by atoms with E-state index in [1.165, 1.54) is 0 Å². The minimum atomic E-state index is 0.202. The van der Waals surface area contributed by atoms with Gasteiger partial charge >= 0.3 is 0 Å². The van der Waals surface area contributed by atoms with Crippen LogP contribution in [0, 0.1) is 0 Å². The fourth-order valence-corrected chi connectivity index (χ4v) is 2.49. The maximum absolute atomic E-state index is 12.2. The van der Waals surface area contributed by atoms with Crippen LogP contribution < -0.4 is 0 Å². The predicted molar refractivity (Wildman–Crippen MR) is 64.7 cm³/mol. The van der Waals surface area contributed by atoms with Crippen LogP contribution in [0.2, 0.25) is 0 Å². The zero-order valence-corrected chi connectivity index (χ0v) is 9.85. The van der Waals surface area contributed by atoms with Gasteiger partial charge in [-0.3, -0.25) is 4.79 Å². The van der Waals surface area contributed by atoms with E-state index in [9.17, 15) is 4.79 Å². The van der Waals surface area contributed by atoms with Gasteiger partial charge in [-0.1, -0.05) is 12.1 Å². The van der Waals surface area contributed by atoms with Crippen LogP contribution in [0.15, 0.2) is 18.2 Å². The standard InChI is InChI=1S/C14H17NO2/c16-7-1-2-10-3-4-11-9-15(12-5-6-12)14(17)13(11)8-10/h3-4,8,12,16H,1-2,5-7,9H2. The Balaban J connectivity index is 1.82. The maximum Gasteiger partial charge on any atom is 0.254 e. The molecule has 1 N–H and O–H groups in total. The van der Waals surface area contributed by atoms with Crippen molar-refractivity contribution in [3.63, 3.8) is 0 Å². The quantitative estimate of drug-likeness (QED) is 0.857.